The molecule has 2 aromatic rings. The molecule has 0 aliphatic heterocycles. The summed E-state index contributed by atoms with van der Waals surface area (Å²) in [5.41, 5.74) is 5.01. The number of halogens is 1. The zero-order valence-electron chi connectivity index (χ0n) is 10.8. The van der Waals surface area contributed by atoms with Gasteiger partial charge in [0.2, 0.25) is 0 Å². The van der Waals surface area contributed by atoms with E-state index in [0.717, 1.165) is 23.7 Å². The Balaban J connectivity index is 1.92. The number of aryl methyl sites for hydroxylation is 2. The second-order valence-electron chi connectivity index (χ2n) is 4.61. The fourth-order valence-electron chi connectivity index (χ4n) is 1.90. The molecule has 0 radical (unpaired) electrons. The molecule has 0 fully saturated rings. The summed E-state index contributed by atoms with van der Waals surface area (Å²) in [6, 6.07) is 14.6. The van der Waals surface area contributed by atoms with Crippen molar-refractivity contribution in [2.24, 2.45) is 0 Å². The third-order valence-corrected chi connectivity index (χ3v) is 3.55. The van der Waals surface area contributed by atoms with Gasteiger partial charge in [-0.3, -0.25) is 0 Å². The minimum atomic E-state index is 0.838. The molecule has 0 aliphatic rings. The van der Waals surface area contributed by atoms with Gasteiger partial charge >= 0.3 is 0 Å². The second-order valence-corrected chi connectivity index (χ2v) is 5.02. The predicted octanol–water partition coefficient (Wildman–Crippen LogP) is 4.25. The molecular formula is C16H18ClN. The Labute approximate surface area is 114 Å². The summed E-state index contributed by atoms with van der Waals surface area (Å²) in [6.07, 6.45) is 0. The van der Waals surface area contributed by atoms with Crippen molar-refractivity contribution in [1.29, 1.82) is 0 Å². The van der Waals surface area contributed by atoms with Crippen LogP contribution in [0.4, 0.5) is 0 Å². The van der Waals surface area contributed by atoms with Crippen LogP contribution in [0, 0.1) is 13.8 Å². The van der Waals surface area contributed by atoms with Crippen LogP contribution < -0.4 is 5.32 Å². The van der Waals surface area contributed by atoms with E-state index in [1.807, 2.05) is 13.0 Å². The maximum Gasteiger partial charge on any atom is 0.0438 e. The van der Waals surface area contributed by atoms with E-state index in [-0.39, 0.29) is 0 Å². The zero-order valence-corrected chi connectivity index (χ0v) is 11.6. The van der Waals surface area contributed by atoms with Gasteiger partial charge in [0.25, 0.3) is 0 Å². The molecule has 0 heterocycles. The van der Waals surface area contributed by atoms with Gasteiger partial charge in [-0.05, 0) is 42.2 Å². The second kappa shape index (κ2) is 6.03. The average Bonchev–Trinajstić information content (AvgIpc) is 2.36. The highest BCUT2D eigenvalue weighted by Gasteiger charge is 1.99. The van der Waals surface area contributed by atoms with Crippen LogP contribution in [-0.2, 0) is 13.1 Å². The van der Waals surface area contributed by atoms with Gasteiger partial charge in [-0.2, -0.15) is 0 Å². The molecule has 0 aliphatic carbocycles. The molecule has 1 N–H and O–H groups in total. The highest BCUT2D eigenvalue weighted by molar-refractivity contribution is 6.31. The van der Waals surface area contributed by atoms with E-state index in [2.05, 4.69) is 48.6 Å². The van der Waals surface area contributed by atoms with Crippen molar-refractivity contribution in [1.82, 2.24) is 5.32 Å². The zero-order chi connectivity index (χ0) is 13.0. The largest absolute Gasteiger partial charge is 0.309 e. The fourth-order valence-corrected chi connectivity index (χ4v) is 2.10. The lowest BCUT2D eigenvalue weighted by atomic mass is 10.1. The topological polar surface area (TPSA) is 12.0 Å². The summed E-state index contributed by atoms with van der Waals surface area (Å²) in [4.78, 5) is 0. The summed E-state index contributed by atoms with van der Waals surface area (Å²) in [6.45, 7) is 5.89. The van der Waals surface area contributed by atoms with Crippen LogP contribution in [0.3, 0.4) is 0 Å². The maximum atomic E-state index is 6.11. The smallest absolute Gasteiger partial charge is 0.0438 e. The lowest BCUT2D eigenvalue weighted by Crippen LogP contribution is -2.13. The molecule has 18 heavy (non-hydrogen) atoms. The van der Waals surface area contributed by atoms with E-state index >= 15 is 0 Å². The van der Waals surface area contributed by atoms with Gasteiger partial charge in [0.05, 0.1) is 0 Å². The Bertz CT molecular complexity index is 534. The first-order valence-corrected chi connectivity index (χ1v) is 6.55. The standard InChI is InChI=1S/C16H18ClN/c1-12-5-3-4-6-15(12)11-18-10-14-8-7-13(2)16(17)9-14/h3-9,18H,10-11H2,1-2H3. The van der Waals surface area contributed by atoms with E-state index < -0.39 is 0 Å². The van der Waals surface area contributed by atoms with Crippen molar-refractivity contribution in [3.63, 3.8) is 0 Å². The number of rotatable bonds is 4. The van der Waals surface area contributed by atoms with Gasteiger partial charge in [0, 0.05) is 18.1 Å². The quantitative estimate of drug-likeness (QED) is 0.866. The Morgan fingerprint density at radius 1 is 0.944 bits per heavy atom. The molecule has 0 unspecified atom stereocenters. The first-order chi connectivity index (χ1) is 8.66. The highest BCUT2D eigenvalue weighted by atomic mass is 35.5. The molecule has 2 heteroatoms. The SMILES string of the molecule is Cc1ccc(CNCc2ccccc2C)cc1Cl. The molecule has 94 valence electrons. The third-order valence-electron chi connectivity index (χ3n) is 3.14. The first kappa shape index (κ1) is 13.1. The highest BCUT2D eigenvalue weighted by Crippen LogP contribution is 2.16. The summed E-state index contributed by atoms with van der Waals surface area (Å²) in [5, 5.41) is 4.28. The summed E-state index contributed by atoms with van der Waals surface area (Å²) in [5.74, 6) is 0. The van der Waals surface area contributed by atoms with Crippen molar-refractivity contribution in [3.8, 4) is 0 Å². The first-order valence-electron chi connectivity index (χ1n) is 6.17. The number of nitrogens with one attached hydrogen (secondary N) is 1. The van der Waals surface area contributed by atoms with Crippen molar-refractivity contribution < 1.29 is 0 Å². The van der Waals surface area contributed by atoms with E-state index in [1.165, 1.54) is 16.7 Å². The lowest BCUT2D eigenvalue weighted by molar-refractivity contribution is 0.690. The van der Waals surface area contributed by atoms with E-state index in [4.69, 9.17) is 11.6 Å². The van der Waals surface area contributed by atoms with Gasteiger partial charge in [-0.1, -0.05) is 48.0 Å². The Hall–Kier alpha value is -1.31. The number of hydrogen-bond donors (Lipinski definition) is 1. The number of hydrogen-bond acceptors (Lipinski definition) is 1. The Kier molecular flexibility index (Phi) is 4.40. The van der Waals surface area contributed by atoms with Crippen LogP contribution >= 0.6 is 11.6 Å². The van der Waals surface area contributed by atoms with Gasteiger partial charge in [-0.15, -0.1) is 0 Å². The van der Waals surface area contributed by atoms with Crippen molar-refractivity contribution in [3.05, 3.63) is 69.7 Å². The van der Waals surface area contributed by atoms with E-state index in [1.54, 1.807) is 0 Å². The van der Waals surface area contributed by atoms with Crippen molar-refractivity contribution >= 4 is 11.6 Å². The van der Waals surface area contributed by atoms with Crippen LogP contribution in [0.1, 0.15) is 22.3 Å². The minimum Gasteiger partial charge on any atom is -0.309 e. The normalized spacial score (nSPS) is 10.6. The number of benzene rings is 2. The van der Waals surface area contributed by atoms with Gasteiger partial charge in [-0.25, -0.2) is 0 Å². The molecule has 0 spiro atoms. The van der Waals surface area contributed by atoms with E-state index in [9.17, 15) is 0 Å². The van der Waals surface area contributed by atoms with Crippen LogP contribution in [0.15, 0.2) is 42.5 Å². The molecule has 0 atom stereocenters. The molecule has 2 aromatic carbocycles. The average molecular weight is 260 g/mol. The summed E-state index contributed by atoms with van der Waals surface area (Å²) in [7, 11) is 0. The fraction of sp³-hybridized carbons (Fsp3) is 0.250. The van der Waals surface area contributed by atoms with Crippen LogP contribution in [-0.4, -0.2) is 0 Å². The van der Waals surface area contributed by atoms with Crippen molar-refractivity contribution in [2.45, 2.75) is 26.9 Å². The molecule has 0 bridgehead atoms. The Morgan fingerprint density at radius 3 is 2.44 bits per heavy atom. The molecule has 0 saturated carbocycles. The summed E-state index contributed by atoms with van der Waals surface area (Å²) < 4.78 is 0. The molecular weight excluding hydrogens is 242 g/mol. The van der Waals surface area contributed by atoms with Gasteiger partial charge in [0.15, 0.2) is 0 Å². The predicted molar refractivity (Wildman–Crippen MR) is 77.9 cm³/mol. The maximum absolute atomic E-state index is 6.11. The minimum absolute atomic E-state index is 0.838. The molecule has 0 amide bonds. The third kappa shape index (κ3) is 3.34. The van der Waals surface area contributed by atoms with E-state index in [0.29, 0.717) is 0 Å². The monoisotopic (exact) mass is 259 g/mol. The Morgan fingerprint density at radius 2 is 1.72 bits per heavy atom. The van der Waals surface area contributed by atoms with Crippen molar-refractivity contribution in [2.75, 3.05) is 0 Å². The molecule has 0 aromatic heterocycles. The molecule has 2 rings (SSSR count). The molecule has 0 saturated heterocycles. The van der Waals surface area contributed by atoms with Crippen LogP contribution in [0.5, 0.6) is 0 Å². The van der Waals surface area contributed by atoms with Crippen LogP contribution in [0.25, 0.3) is 0 Å². The molecule has 1 nitrogen and oxygen atoms in total. The van der Waals surface area contributed by atoms with Crippen LogP contribution in [0.2, 0.25) is 5.02 Å². The summed E-state index contributed by atoms with van der Waals surface area (Å²) >= 11 is 6.11. The lowest BCUT2D eigenvalue weighted by Gasteiger charge is -2.08. The van der Waals surface area contributed by atoms with Gasteiger partial charge in [0.1, 0.15) is 0 Å². The van der Waals surface area contributed by atoms with Gasteiger partial charge < -0.3 is 5.32 Å².